The van der Waals surface area contributed by atoms with Crippen LogP contribution in [0.25, 0.3) is 27.9 Å². The van der Waals surface area contributed by atoms with Gasteiger partial charge in [-0.1, -0.05) is 36.4 Å². The van der Waals surface area contributed by atoms with Crippen LogP contribution in [0.15, 0.2) is 83.1 Å². The smallest absolute Gasteiger partial charge is 0.379 e. The summed E-state index contributed by atoms with van der Waals surface area (Å²) in [6, 6.07) is 20.2. The summed E-state index contributed by atoms with van der Waals surface area (Å²) < 4.78 is 19.2. The fourth-order valence-corrected chi connectivity index (χ4v) is 4.34. The van der Waals surface area contributed by atoms with Crippen LogP contribution in [0.4, 0.5) is 0 Å². The first-order chi connectivity index (χ1) is 16.5. The highest BCUT2D eigenvalue weighted by atomic mass is 16.5. The maximum Gasteiger partial charge on any atom is 0.379 e. The van der Waals surface area contributed by atoms with E-state index in [1.165, 1.54) is 0 Å². The molecule has 0 radical (unpaired) electrons. The quantitative estimate of drug-likeness (QED) is 0.190. The molecular formula is C28H19NO5. The van der Waals surface area contributed by atoms with E-state index < -0.39 is 5.97 Å². The summed E-state index contributed by atoms with van der Waals surface area (Å²) >= 11 is 0. The van der Waals surface area contributed by atoms with Crippen molar-refractivity contribution >= 4 is 39.7 Å². The lowest BCUT2D eigenvalue weighted by atomic mass is 10.1. The van der Waals surface area contributed by atoms with Crippen LogP contribution in [0.1, 0.15) is 32.0 Å². The predicted octanol–water partition coefficient (Wildman–Crippen LogP) is 6.07. The molecule has 0 N–H and O–H groups in total. The molecule has 0 aliphatic carbocycles. The molecule has 6 heteroatoms. The third kappa shape index (κ3) is 3.11. The standard InChI is InChI=1S/C28H19NO5/c1-16-22(34-28(31)25-13-17-7-3-6-10-23(17)32-25)12-11-20-26(30)24(33-27(16)20)14-18-15-29(2)21-9-5-4-8-19(18)21/h3-15H,1-2H3/b24-14-. The molecule has 1 aliphatic rings. The van der Waals surface area contributed by atoms with Crippen molar-refractivity contribution < 1.29 is 23.5 Å². The number of carbonyl (C=O) groups excluding carboxylic acids is 2. The van der Waals surface area contributed by atoms with Crippen LogP contribution in [0, 0.1) is 6.92 Å². The second-order valence-corrected chi connectivity index (χ2v) is 8.26. The lowest BCUT2D eigenvalue weighted by Gasteiger charge is -2.09. The van der Waals surface area contributed by atoms with Gasteiger partial charge in [-0.2, -0.15) is 0 Å². The Labute approximate surface area is 194 Å². The fraction of sp³-hybridized carbons (Fsp3) is 0.0714. The van der Waals surface area contributed by atoms with E-state index in [2.05, 4.69) is 0 Å². The largest absolute Gasteiger partial charge is 0.452 e. The molecule has 3 aromatic carbocycles. The number of rotatable bonds is 3. The Balaban J connectivity index is 1.31. The molecule has 166 valence electrons. The summed E-state index contributed by atoms with van der Waals surface area (Å²) in [5.41, 5.74) is 3.57. The SMILES string of the molecule is Cc1c(OC(=O)c2cc3ccccc3o2)ccc2c1O/C(=C\c1cn(C)c3ccccc13)C2=O. The van der Waals surface area contributed by atoms with E-state index in [0.29, 0.717) is 28.2 Å². The van der Waals surface area contributed by atoms with Crippen molar-refractivity contribution in [1.29, 1.82) is 0 Å². The first-order valence-electron chi connectivity index (χ1n) is 10.8. The molecule has 0 fully saturated rings. The van der Waals surface area contributed by atoms with E-state index in [1.807, 2.05) is 60.3 Å². The molecule has 1 aliphatic heterocycles. The first-order valence-corrected chi connectivity index (χ1v) is 10.8. The molecule has 0 spiro atoms. The Hall–Kier alpha value is -4.58. The van der Waals surface area contributed by atoms with E-state index in [4.69, 9.17) is 13.9 Å². The number of Topliss-reactive ketones (excluding diaryl/α,β-unsaturated/α-hetero) is 1. The molecule has 2 aromatic heterocycles. The highest BCUT2D eigenvalue weighted by Gasteiger charge is 2.31. The Morgan fingerprint density at radius 3 is 2.68 bits per heavy atom. The third-order valence-electron chi connectivity index (χ3n) is 6.08. The summed E-state index contributed by atoms with van der Waals surface area (Å²) in [5.74, 6) is 0.218. The lowest BCUT2D eigenvalue weighted by molar-refractivity contribution is 0.0702. The van der Waals surface area contributed by atoms with Gasteiger partial charge in [0.1, 0.15) is 17.1 Å². The van der Waals surface area contributed by atoms with Crippen LogP contribution < -0.4 is 9.47 Å². The number of para-hydroxylation sites is 2. The zero-order chi connectivity index (χ0) is 23.4. The van der Waals surface area contributed by atoms with Crippen LogP contribution in [0.2, 0.25) is 0 Å². The first kappa shape index (κ1) is 20.1. The number of aromatic nitrogens is 1. The zero-order valence-electron chi connectivity index (χ0n) is 18.5. The number of furan rings is 1. The van der Waals surface area contributed by atoms with Crippen molar-refractivity contribution in [3.05, 3.63) is 101 Å². The Morgan fingerprint density at radius 1 is 1.03 bits per heavy atom. The molecule has 0 bridgehead atoms. The molecule has 0 unspecified atom stereocenters. The van der Waals surface area contributed by atoms with Gasteiger partial charge in [0.15, 0.2) is 5.76 Å². The van der Waals surface area contributed by atoms with E-state index >= 15 is 0 Å². The maximum atomic E-state index is 13.0. The number of hydrogen-bond acceptors (Lipinski definition) is 5. The Kier molecular flexibility index (Phi) is 4.42. The lowest BCUT2D eigenvalue weighted by Crippen LogP contribution is -2.08. The summed E-state index contributed by atoms with van der Waals surface area (Å²) in [6.07, 6.45) is 3.72. The number of ketones is 1. The number of carbonyl (C=O) groups is 2. The molecule has 34 heavy (non-hydrogen) atoms. The monoisotopic (exact) mass is 449 g/mol. The highest BCUT2D eigenvalue weighted by Crippen LogP contribution is 2.40. The average molecular weight is 449 g/mol. The molecule has 0 amide bonds. The molecule has 6 rings (SSSR count). The number of esters is 1. The van der Waals surface area contributed by atoms with Crippen molar-refractivity contribution in [3.8, 4) is 11.5 Å². The molecule has 3 heterocycles. The zero-order valence-corrected chi connectivity index (χ0v) is 18.5. The number of aryl methyl sites for hydroxylation is 1. The van der Waals surface area contributed by atoms with Crippen molar-refractivity contribution in [3.63, 3.8) is 0 Å². The number of fused-ring (bicyclic) bond motifs is 3. The second kappa shape index (κ2) is 7.49. The van der Waals surface area contributed by atoms with Crippen LogP contribution >= 0.6 is 0 Å². The number of nitrogens with zero attached hydrogens (tertiary/aromatic N) is 1. The highest BCUT2D eigenvalue weighted by molar-refractivity contribution is 6.15. The van der Waals surface area contributed by atoms with Crippen molar-refractivity contribution in [2.24, 2.45) is 7.05 Å². The van der Waals surface area contributed by atoms with E-state index in [-0.39, 0.29) is 17.3 Å². The van der Waals surface area contributed by atoms with Gasteiger partial charge >= 0.3 is 5.97 Å². The van der Waals surface area contributed by atoms with Crippen LogP contribution in [-0.4, -0.2) is 16.3 Å². The summed E-state index contributed by atoms with van der Waals surface area (Å²) in [4.78, 5) is 25.7. The molecule has 6 nitrogen and oxygen atoms in total. The van der Waals surface area contributed by atoms with Gasteiger partial charge in [0, 0.05) is 40.7 Å². The van der Waals surface area contributed by atoms with Crippen LogP contribution in [0.5, 0.6) is 11.5 Å². The minimum Gasteiger partial charge on any atom is -0.452 e. The van der Waals surface area contributed by atoms with Gasteiger partial charge in [-0.05, 0) is 43.3 Å². The summed E-state index contributed by atoms with van der Waals surface area (Å²) in [6.45, 7) is 1.76. The molecule has 0 saturated heterocycles. The van der Waals surface area contributed by atoms with Crippen molar-refractivity contribution in [1.82, 2.24) is 4.57 Å². The number of ether oxygens (including phenoxy) is 2. The van der Waals surface area contributed by atoms with Gasteiger partial charge in [0.2, 0.25) is 11.5 Å². The summed E-state index contributed by atoms with van der Waals surface area (Å²) in [7, 11) is 1.96. The number of benzene rings is 3. The van der Waals surface area contributed by atoms with Gasteiger partial charge in [0.25, 0.3) is 0 Å². The van der Waals surface area contributed by atoms with Crippen LogP contribution in [0.3, 0.4) is 0 Å². The molecule has 5 aromatic rings. The molecular weight excluding hydrogens is 430 g/mol. The van der Waals surface area contributed by atoms with Gasteiger partial charge in [-0.25, -0.2) is 4.79 Å². The Morgan fingerprint density at radius 2 is 1.82 bits per heavy atom. The van der Waals surface area contributed by atoms with Gasteiger partial charge in [-0.15, -0.1) is 0 Å². The second-order valence-electron chi connectivity index (χ2n) is 8.26. The number of hydrogen-bond donors (Lipinski definition) is 0. The minimum absolute atomic E-state index is 0.106. The fourth-order valence-electron chi connectivity index (χ4n) is 4.34. The van der Waals surface area contributed by atoms with Gasteiger partial charge in [-0.3, -0.25) is 4.79 Å². The van der Waals surface area contributed by atoms with Crippen LogP contribution in [-0.2, 0) is 7.05 Å². The predicted molar refractivity (Wildman–Crippen MR) is 128 cm³/mol. The normalized spacial score (nSPS) is 14.1. The molecule has 0 atom stereocenters. The summed E-state index contributed by atoms with van der Waals surface area (Å²) in [5, 5.41) is 1.85. The van der Waals surface area contributed by atoms with E-state index in [9.17, 15) is 9.59 Å². The van der Waals surface area contributed by atoms with Gasteiger partial charge < -0.3 is 18.5 Å². The van der Waals surface area contributed by atoms with E-state index in [1.54, 1.807) is 37.3 Å². The maximum absolute atomic E-state index is 13.0. The third-order valence-corrected chi connectivity index (χ3v) is 6.08. The number of allylic oxidation sites excluding steroid dienone is 1. The van der Waals surface area contributed by atoms with E-state index in [0.717, 1.165) is 21.9 Å². The average Bonchev–Trinajstić information content (AvgIpc) is 3.51. The minimum atomic E-state index is -0.616. The molecule has 0 saturated carbocycles. The van der Waals surface area contributed by atoms with Crippen molar-refractivity contribution in [2.75, 3.05) is 0 Å². The topological polar surface area (TPSA) is 70.7 Å². The van der Waals surface area contributed by atoms with Crippen molar-refractivity contribution in [2.45, 2.75) is 6.92 Å². The Bertz CT molecular complexity index is 1630. The van der Waals surface area contributed by atoms with Gasteiger partial charge in [0.05, 0.1) is 5.56 Å².